The van der Waals surface area contributed by atoms with E-state index in [1.54, 1.807) is 0 Å². The Hall–Kier alpha value is 0.805. The van der Waals surface area contributed by atoms with E-state index < -0.39 is 10.4 Å². The predicted octanol–water partition coefficient (Wildman–Crippen LogP) is -0.478. The second-order valence-electron chi connectivity index (χ2n) is 0.742. The second-order valence-corrected chi connectivity index (χ2v) is 2.22. The van der Waals surface area contributed by atoms with E-state index in [-0.39, 0.29) is 27.7 Å². The number of hydrogen-bond acceptors (Lipinski definition) is 4. The van der Waals surface area contributed by atoms with Crippen LogP contribution in [0.1, 0.15) is 0 Å². The fourth-order valence-electron chi connectivity index (χ4n) is 0.0680. The van der Waals surface area contributed by atoms with Crippen LogP contribution in [0.4, 0.5) is 0 Å². The molecular formula is C2H6HgO4S. The van der Waals surface area contributed by atoms with Gasteiger partial charge in [0.05, 0.1) is 14.2 Å². The maximum absolute atomic E-state index is 9.92. The van der Waals surface area contributed by atoms with Gasteiger partial charge in [-0.2, -0.15) is 8.42 Å². The van der Waals surface area contributed by atoms with Crippen molar-refractivity contribution < 1.29 is 44.5 Å². The molecule has 0 bridgehead atoms. The Morgan fingerprint density at radius 3 is 1.38 bits per heavy atom. The average molecular weight is 327 g/mol. The Balaban J connectivity index is 0. The first kappa shape index (κ1) is 11.6. The van der Waals surface area contributed by atoms with Crippen LogP contribution in [0.3, 0.4) is 0 Å². The van der Waals surface area contributed by atoms with Crippen molar-refractivity contribution in [2.24, 2.45) is 0 Å². The van der Waals surface area contributed by atoms with E-state index >= 15 is 0 Å². The summed E-state index contributed by atoms with van der Waals surface area (Å²) >= 11 is 0. The second kappa shape index (κ2) is 4.66. The van der Waals surface area contributed by atoms with Crippen LogP contribution in [0.25, 0.3) is 0 Å². The Morgan fingerprint density at radius 1 is 1.12 bits per heavy atom. The van der Waals surface area contributed by atoms with Crippen molar-refractivity contribution in [3.8, 4) is 0 Å². The molecule has 8 heavy (non-hydrogen) atoms. The standard InChI is InChI=1S/C2H6O4S.Hg/c1-5-7(3,4)6-2;/h1-2H3;. The summed E-state index contributed by atoms with van der Waals surface area (Å²) in [6.07, 6.45) is 0. The minimum atomic E-state index is -3.66. The summed E-state index contributed by atoms with van der Waals surface area (Å²) in [5.74, 6) is 0. The van der Waals surface area contributed by atoms with Crippen molar-refractivity contribution in [2.75, 3.05) is 14.2 Å². The van der Waals surface area contributed by atoms with Gasteiger partial charge in [0.1, 0.15) is 0 Å². The summed E-state index contributed by atoms with van der Waals surface area (Å²) in [5.41, 5.74) is 0. The van der Waals surface area contributed by atoms with E-state index in [0.29, 0.717) is 0 Å². The molecule has 0 spiro atoms. The number of hydrogen-bond donors (Lipinski definition) is 0. The Kier molecular flexibility index (Phi) is 6.75. The molecule has 46 valence electrons. The molecule has 4 nitrogen and oxygen atoms in total. The molecule has 0 radical (unpaired) electrons. The van der Waals surface area contributed by atoms with Crippen molar-refractivity contribution in [1.82, 2.24) is 0 Å². The molecule has 0 saturated carbocycles. The van der Waals surface area contributed by atoms with Gasteiger partial charge < -0.3 is 0 Å². The fourth-order valence-corrected chi connectivity index (χ4v) is 0.204. The van der Waals surface area contributed by atoms with Crippen LogP contribution in [0.2, 0.25) is 0 Å². The third-order valence-corrected chi connectivity index (χ3v) is 1.22. The van der Waals surface area contributed by atoms with Crippen LogP contribution in [-0.4, -0.2) is 22.6 Å². The van der Waals surface area contributed by atoms with Gasteiger partial charge in [0.2, 0.25) is 0 Å². The van der Waals surface area contributed by atoms with Crippen LogP contribution in [0.5, 0.6) is 0 Å². The van der Waals surface area contributed by atoms with Crippen LogP contribution in [0, 0.1) is 0 Å². The van der Waals surface area contributed by atoms with Gasteiger partial charge >= 0.3 is 10.4 Å². The molecule has 0 aromatic rings. The van der Waals surface area contributed by atoms with Gasteiger partial charge in [-0.15, -0.1) is 0 Å². The van der Waals surface area contributed by atoms with Gasteiger partial charge in [-0.3, -0.25) is 8.37 Å². The van der Waals surface area contributed by atoms with Gasteiger partial charge in [0.25, 0.3) is 0 Å². The fraction of sp³-hybridized carbons (Fsp3) is 1.00. The molecule has 0 amide bonds. The van der Waals surface area contributed by atoms with E-state index in [2.05, 4.69) is 8.37 Å². The maximum Gasteiger partial charge on any atom is 0.399 e. The summed E-state index contributed by atoms with van der Waals surface area (Å²) in [4.78, 5) is 0. The van der Waals surface area contributed by atoms with Crippen molar-refractivity contribution in [3.05, 3.63) is 0 Å². The molecule has 0 rings (SSSR count). The van der Waals surface area contributed by atoms with Crippen LogP contribution < -0.4 is 0 Å². The van der Waals surface area contributed by atoms with Crippen molar-refractivity contribution in [1.29, 1.82) is 0 Å². The molecule has 0 heterocycles. The number of rotatable bonds is 2. The summed E-state index contributed by atoms with van der Waals surface area (Å²) in [7, 11) is -1.60. The zero-order chi connectivity index (χ0) is 5.91. The zero-order valence-corrected chi connectivity index (χ0v) is 11.1. The Labute approximate surface area is 69.0 Å². The van der Waals surface area contributed by atoms with E-state index in [9.17, 15) is 8.42 Å². The minimum Gasteiger partial charge on any atom is -0.252 e. The van der Waals surface area contributed by atoms with E-state index in [0.717, 1.165) is 14.2 Å². The smallest absolute Gasteiger partial charge is 0.252 e. The third-order valence-electron chi connectivity index (χ3n) is 0.408. The molecule has 0 atom stereocenters. The first-order chi connectivity index (χ1) is 3.12. The van der Waals surface area contributed by atoms with Crippen molar-refractivity contribution >= 4 is 10.4 Å². The minimum absolute atomic E-state index is 0. The van der Waals surface area contributed by atoms with Gasteiger partial charge in [0.15, 0.2) is 0 Å². The van der Waals surface area contributed by atoms with E-state index in [1.807, 2.05) is 0 Å². The monoisotopic (exact) mass is 328 g/mol. The van der Waals surface area contributed by atoms with Gasteiger partial charge in [0, 0.05) is 27.7 Å². The predicted molar refractivity (Wildman–Crippen MR) is 22.9 cm³/mol. The molecule has 0 N–H and O–H groups in total. The molecule has 0 aliphatic rings. The van der Waals surface area contributed by atoms with Gasteiger partial charge in [-0.05, 0) is 0 Å². The maximum atomic E-state index is 9.92. The third kappa shape index (κ3) is 4.95. The van der Waals surface area contributed by atoms with Crippen molar-refractivity contribution in [2.45, 2.75) is 0 Å². The first-order valence-electron chi connectivity index (χ1n) is 1.48. The Morgan fingerprint density at radius 2 is 1.38 bits per heavy atom. The molecule has 0 aromatic heterocycles. The van der Waals surface area contributed by atoms with Gasteiger partial charge in [-0.25, -0.2) is 0 Å². The molecular weight excluding hydrogens is 321 g/mol. The Bertz CT molecular complexity index is 117. The summed E-state index contributed by atoms with van der Waals surface area (Å²) < 4.78 is 27.5. The van der Waals surface area contributed by atoms with E-state index in [1.165, 1.54) is 0 Å². The first-order valence-corrected chi connectivity index (χ1v) is 2.82. The molecule has 0 fully saturated rings. The molecule has 6 heteroatoms. The largest absolute Gasteiger partial charge is 0.399 e. The zero-order valence-electron chi connectivity index (χ0n) is 4.75. The van der Waals surface area contributed by atoms with Crippen LogP contribution in [0.15, 0.2) is 0 Å². The van der Waals surface area contributed by atoms with E-state index in [4.69, 9.17) is 0 Å². The summed E-state index contributed by atoms with van der Waals surface area (Å²) in [5, 5.41) is 0. The molecule has 0 aliphatic heterocycles. The molecule has 0 saturated heterocycles. The molecule has 0 unspecified atom stereocenters. The quantitative estimate of drug-likeness (QED) is 0.643. The SMILES string of the molecule is COS(=O)(=O)OC.[Hg]. The molecule has 0 aromatic carbocycles. The molecule has 0 aliphatic carbocycles. The van der Waals surface area contributed by atoms with Gasteiger partial charge in [-0.1, -0.05) is 0 Å². The average Bonchev–Trinajstić information content (AvgIpc) is 1.68. The summed E-state index contributed by atoms with van der Waals surface area (Å²) in [6, 6.07) is 0. The van der Waals surface area contributed by atoms with Crippen LogP contribution in [-0.2, 0) is 46.4 Å². The van der Waals surface area contributed by atoms with Crippen molar-refractivity contribution in [3.63, 3.8) is 0 Å². The van der Waals surface area contributed by atoms with Crippen LogP contribution >= 0.6 is 0 Å². The topological polar surface area (TPSA) is 52.6 Å². The summed E-state index contributed by atoms with van der Waals surface area (Å²) in [6.45, 7) is 0. The normalized spacial score (nSPS) is 10.2.